The molecule has 0 bridgehead atoms. The van der Waals surface area contributed by atoms with E-state index in [0.717, 1.165) is 16.7 Å². The first-order valence-corrected chi connectivity index (χ1v) is 9.48. The molecule has 1 aliphatic heterocycles. The number of fused-ring (bicyclic) bond motifs is 1. The minimum absolute atomic E-state index is 0.0291. The fourth-order valence-electron chi connectivity index (χ4n) is 3.24. The van der Waals surface area contributed by atoms with Crippen LogP contribution in [0.2, 0.25) is 0 Å². The zero-order valence-corrected chi connectivity index (χ0v) is 16.2. The van der Waals surface area contributed by atoms with E-state index in [4.69, 9.17) is 4.42 Å². The zero-order chi connectivity index (χ0) is 19.4. The van der Waals surface area contributed by atoms with E-state index in [0.29, 0.717) is 32.7 Å². The Hall–Kier alpha value is -2.54. The Morgan fingerprint density at radius 3 is 2.44 bits per heavy atom. The van der Waals surface area contributed by atoms with Crippen LogP contribution in [0.1, 0.15) is 32.6 Å². The molecule has 3 amide bonds. The maximum Gasteiger partial charge on any atom is 0.318 e. The third-order valence-corrected chi connectivity index (χ3v) is 4.69. The normalized spacial score (nSPS) is 16.5. The number of amides is 3. The molecular formula is C20H28N4O3. The van der Waals surface area contributed by atoms with Crippen LogP contribution in [0.25, 0.3) is 11.0 Å². The summed E-state index contributed by atoms with van der Waals surface area (Å²) in [6.45, 7) is 8.79. The van der Waals surface area contributed by atoms with Crippen molar-refractivity contribution in [2.75, 3.05) is 32.7 Å². The minimum atomic E-state index is -0.209. The standard InChI is InChI=1S/C20H28N4O3/c1-14(2)21-19(25)13-23-8-10-24(11-9-23)20(26)22-15(3)18-12-16-6-4-5-7-17(16)27-18/h4-7,12,14-15H,8-11,13H2,1-3H3,(H,21,25)(H,22,26). The van der Waals surface area contributed by atoms with Gasteiger partial charge < -0.3 is 20.0 Å². The Labute approximate surface area is 159 Å². The summed E-state index contributed by atoms with van der Waals surface area (Å²) < 4.78 is 5.82. The fraction of sp³-hybridized carbons (Fsp3) is 0.500. The number of piperazine rings is 1. The number of carbonyl (C=O) groups is 2. The summed E-state index contributed by atoms with van der Waals surface area (Å²) in [6.07, 6.45) is 0. The summed E-state index contributed by atoms with van der Waals surface area (Å²) in [4.78, 5) is 28.3. The van der Waals surface area contributed by atoms with E-state index in [1.807, 2.05) is 51.1 Å². The molecule has 1 unspecified atom stereocenters. The lowest BCUT2D eigenvalue weighted by molar-refractivity contribution is -0.123. The first-order chi connectivity index (χ1) is 12.9. The predicted octanol–water partition coefficient (Wildman–Crippen LogP) is 2.35. The summed E-state index contributed by atoms with van der Waals surface area (Å²) in [7, 11) is 0. The molecule has 0 aliphatic carbocycles. The number of nitrogens with one attached hydrogen (secondary N) is 2. The van der Waals surface area contributed by atoms with Crippen molar-refractivity contribution in [2.24, 2.45) is 0 Å². The number of urea groups is 1. The van der Waals surface area contributed by atoms with Gasteiger partial charge in [0.25, 0.3) is 0 Å². The monoisotopic (exact) mass is 372 g/mol. The molecule has 2 N–H and O–H groups in total. The van der Waals surface area contributed by atoms with Gasteiger partial charge in [0.05, 0.1) is 12.6 Å². The Balaban J connectivity index is 1.48. The van der Waals surface area contributed by atoms with Gasteiger partial charge >= 0.3 is 6.03 Å². The van der Waals surface area contributed by atoms with Gasteiger partial charge in [-0.2, -0.15) is 0 Å². The highest BCUT2D eigenvalue weighted by Crippen LogP contribution is 2.23. The van der Waals surface area contributed by atoms with E-state index in [1.54, 1.807) is 4.90 Å². The average molecular weight is 372 g/mol. The van der Waals surface area contributed by atoms with Crippen molar-refractivity contribution < 1.29 is 14.0 Å². The van der Waals surface area contributed by atoms with Crippen molar-refractivity contribution in [3.05, 3.63) is 36.1 Å². The lowest BCUT2D eigenvalue weighted by atomic mass is 10.2. The van der Waals surface area contributed by atoms with Crippen LogP contribution < -0.4 is 10.6 Å². The van der Waals surface area contributed by atoms with Crippen LogP contribution in [0.3, 0.4) is 0 Å². The SMILES string of the molecule is CC(C)NC(=O)CN1CCN(C(=O)NC(C)c2cc3ccccc3o2)CC1. The van der Waals surface area contributed by atoms with Crippen molar-refractivity contribution in [3.63, 3.8) is 0 Å². The first-order valence-electron chi connectivity index (χ1n) is 9.48. The number of carbonyl (C=O) groups excluding carboxylic acids is 2. The Morgan fingerprint density at radius 1 is 1.07 bits per heavy atom. The molecule has 2 aromatic rings. The Kier molecular flexibility index (Phi) is 6.01. The molecule has 0 saturated carbocycles. The van der Waals surface area contributed by atoms with Gasteiger partial charge in [-0.25, -0.2) is 4.79 Å². The van der Waals surface area contributed by atoms with Gasteiger partial charge in [0, 0.05) is 37.6 Å². The van der Waals surface area contributed by atoms with E-state index in [1.165, 1.54) is 0 Å². The number of para-hydroxylation sites is 1. The summed E-state index contributed by atoms with van der Waals surface area (Å²) in [5, 5.41) is 6.93. The molecule has 7 heteroatoms. The molecule has 7 nitrogen and oxygen atoms in total. The van der Waals surface area contributed by atoms with Gasteiger partial charge in [-0.15, -0.1) is 0 Å². The highest BCUT2D eigenvalue weighted by molar-refractivity contribution is 5.79. The molecule has 1 aromatic carbocycles. The van der Waals surface area contributed by atoms with E-state index in [2.05, 4.69) is 15.5 Å². The van der Waals surface area contributed by atoms with Crippen molar-refractivity contribution in [3.8, 4) is 0 Å². The third kappa shape index (κ3) is 5.01. The predicted molar refractivity (Wildman–Crippen MR) is 104 cm³/mol. The van der Waals surface area contributed by atoms with Crippen LogP contribution in [-0.2, 0) is 4.79 Å². The number of hydrogen-bond acceptors (Lipinski definition) is 4. The number of hydrogen-bond donors (Lipinski definition) is 2. The van der Waals surface area contributed by atoms with Crippen LogP contribution in [0, 0.1) is 0 Å². The van der Waals surface area contributed by atoms with Gasteiger partial charge in [0.15, 0.2) is 0 Å². The van der Waals surface area contributed by atoms with Crippen LogP contribution in [0.15, 0.2) is 34.7 Å². The van der Waals surface area contributed by atoms with Crippen LogP contribution in [-0.4, -0.2) is 60.5 Å². The molecule has 1 atom stereocenters. The Bertz CT molecular complexity index is 760. The minimum Gasteiger partial charge on any atom is -0.459 e. The van der Waals surface area contributed by atoms with Crippen molar-refractivity contribution in [1.82, 2.24) is 20.4 Å². The van der Waals surface area contributed by atoms with Crippen LogP contribution >= 0.6 is 0 Å². The highest BCUT2D eigenvalue weighted by atomic mass is 16.3. The lowest BCUT2D eigenvalue weighted by Gasteiger charge is -2.34. The van der Waals surface area contributed by atoms with Gasteiger partial charge in [0.2, 0.25) is 5.91 Å². The molecule has 0 spiro atoms. The molecule has 27 heavy (non-hydrogen) atoms. The molecular weight excluding hydrogens is 344 g/mol. The number of nitrogens with zero attached hydrogens (tertiary/aromatic N) is 2. The molecule has 146 valence electrons. The van der Waals surface area contributed by atoms with Crippen LogP contribution in [0.4, 0.5) is 4.79 Å². The van der Waals surface area contributed by atoms with Crippen molar-refractivity contribution in [1.29, 1.82) is 0 Å². The van der Waals surface area contributed by atoms with E-state index >= 15 is 0 Å². The van der Waals surface area contributed by atoms with Gasteiger partial charge in [0.1, 0.15) is 11.3 Å². The second kappa shape index (κ2) is 8.43. The molecule has 2 heterocycles. The molecule has 1 aliphatic rings. The molecule has 1 saturated heterocycles. The smallest absolute Gasteiger partial charge is 0.318 e. The molecule has 0 radical (unpaired) electrons. The van der Waals surface area contributed by atoms with E-state index in [9.17, 15) is 9.59 Å². The van der Waals surface area contributed by atoms with E-state index in [-0.39, 0.29) is 24.0 Å². The lowest BCUT2D eigenvalue weighted by Crippen LogP contribution is -2.53. The fourth-order valence-corrected chi connectivity index (χ4v) is 3.24. The van der Waals surface area contributed by atoms with Gasteiger partial charge in [-0.1, -0.05) is 18.2 Å². The highest BCUT2D eigenvalue weighted by Gasteiger charge is 2.24. The third-order valence-electron chi connectivity index (χ3n) is 4.69. The number of furan rings is 1. The first kappa shape index (κ1) is 19.2. The second-order valence-electron chi connectivity index (χ2n) is 7.34. The van der Waals surface area contributed by atoms with Gasteiger partial charge in [-0.05, 0) is 32.9 Å². The van der Waals surface area contributed by atoms with E-state index < -0.39 is 0 Å². The molecule has 3 rings (SSSR count). The molecule has 1 aromatic heterocycles. The topological polar surface area (TPSA) is 77.8 Å². The maximum atomic E-state index is 12.5. The Morgan fingerprint density at radius 2 is 1.78 bits per heavy atom. The largest absolute Gasteiger partial charge is 0.459 e. The van der Waals surface area contributed by atoms with Crippen molar-refractivity contribution in [2.45, 2.75) is 32.9 Å². The van der Waals surface area contributed by atoms with Crippen LogP contribution in [0.5, 0.6) is 0 Å². The quantitative estimate of drug-likeness (QED) is 0.845. The summed E-state index contributed by atoms with van der Waals surface area (Å²) in [5.41, 5.74) is 0.821. The second-order valence-corrected chi connectivity index (χ2v) is 7.34. The maximum absolute atomic E-state index is 12.5. The summed E-state index contributed by atoms with van der Waals surface area (Å²) in [6, 6.07) is 9.60. The number of rotatable bonds is 5. The van der Waals surface area contributed by atoms with Gasteiger partial charge in [-0.3, -0.25) is 9.69 Å². The zero-order valence-electron chi connectivity index (χ0n) is 16.2. The average Bonchev–Trinajstić information content (AvgIpc) is 3.06. The number of benzene rings is 1. The molecule has 1 fully saturated rings. The van der Waals surface area contributed by atoms with Crippen molar-refractivity contribution >= 4 is 22.9 Å². The summed E-state index contributed by atoms with van der Waals surface area (Å²) >= 11 is 0. The summed E-state index contributed by atoms with van der Waals surface area (Å²) in [5.74, 6) is 0.773.